The predicted molar refractivity (Wildman–Crippen MR) is 75.2 cm³/mol. The molecule has 2 rings (SSSR count). The number of carbonyl (C=O) groups is 1. The van der Waals surface area contributed by atoms with Gasteiger partial charge in [-0.1, -0.05) is 12.1 Å². The van der Waals surface area contributed by atoms with Crippen molar-refractivity contribution in [2.24, 2.45) is 0 Å². The molecule has 0 radical (unpaired) electrons. The molecule has 4 heteroatoms. The Hall–Kier alpha value is -1.71. The number of hydrogen-bond donors (Lipinski definition) is 2. The summed E-state index contributed by atoms with van der Waals surface area (Å²) >= 11 is 0. The third-order valence-corrected chi connectivity index (χ3v) is 2.80. The number of carbonyl (C=O) groups excluding carboxylic acids is 1. The molecule has 0 aliphatic carbocycles. The minimum Gasteiger partial charge on any atom is -0.383 e. The van der Waals surface area contributed by atoms with Gasteiger partial charge in [0.05, 0.1) is 11.4 Å². The molecule has 4 nitrogen and oxygen atoms in total. The monoisotopic (exact) mass is 247 g/mol. The minimum absolute atomic E-state index is 0.0290. The summed E-state index contributed by atoms with van der Waals surface area (Å²) < 4.78 is 0. The molecule has 0 atom stereocenters. The first-order valence-electron chi connectivity index (χ1n) is 6.40. The van der Waals surface area contributed by atoms with E-state index < -0.39 is 0 Å². The molecule has 0 spiro atoms. The fraction of sp³-hybridized carbons (Fsp3) is 0.500. The summed E-state index contributed by atoms with van der Waals surface area (Å²) in [6, 6.07) is 7.91. The SMILES string of the molecule is CC(C)(C)NC(=O)N1CCCNc2ccccc21. The number of hydrogen-bond acceptors (Lipinski definition) is 2. The van der Waals surface area contributed by atoms with Gasteiger partial charge >= 0.3 is 6.03 Å². The quantitative estimate of drug-likeness (QED) is 0.740. The van der Waals surface area contributed by atoms with E-state index in [-0.39, 0.29) is 11.6 Å². The van der Waals surface area contributed by atoms with Crippen LogP contribution in [0, 0.1) is 0 Å². The normalized spacial score (nSPS) is 15.4. The Balaban J connectivity index is 2.25. The van der Waals surface area contributed by atoms with Crippen molar-refractivity contribution in [2.45, 2.75) is 32.7 Å². The van der Waals surface area contributed by atoms with Crippen LogP contribution in [0.1, 0.15) is 27.2 Å². The van der Waals surface area contributed by atoms with Crippen molar-refractivity contribution in [3.8, 4) is 0 Å². The second kappa shape index (κ2) is 4.88. The van der Waals surface area contributed by atoms with Crippen LogP contribution < -0.4 is 15.5 Å². The molecular weight excluding hydrogens is 226 g/mol. The third kappa shape index (κ3) is 2.94. The van der Waals surface area contributed by atoms with Crippen molar-refractivity contribution in [3.05, 3.63) is 24.3 Å². The molecule has 1 aromatic carbocycles. The average Bonchev–Trinajstić information content (AvgIpc) is 2.48. The van der Waals surface area contributed by atoms with E-state index in [2.05, 4.69) is 10.6 Å². The first kappa shape index (κ1) is 12.7. The number of anilines is 2. The highest BCUT2D eigenvalue weighted by Gasteiger charge is 2.23. The molecule has 18 heavy (non-hydrogen) atoms. The van der Waals surface area contributed by atoms with Crippen LogP contribution in [0.3, 0.4) is 0 Å². The van der Waals surface area contributed by atoms with Crippen LogP contribution in [0.25, 0.3) is 0 Å². The molecule has 1 heterocycles. The highest BCUT2D eigenvalue weighted by Crippen LogP contribution is 2.28. The van der Waals surface area contributed by atoms with E-state index in [9.17, 15) is 4.79 Å². The topological polar surface area (TPSA) is 44.4 Å². The van der Waals surface area contributed by atoms with Crippen LogP contribution in [0.4, 0.5) is 16.2 Å². The molecule has 0 saturated carbocycles. The fourth-order valence-corrected chi connectivity index (χ4v) is 2.04. The Kier molecular flexibility index (Phi) is 3.45. The van der Waals surface area contributed by atoms with E-state index in [4.69, 9.17) is 0 Å². The summed E-state index contributed by atoms with van der Waals surface area (Å²) in [5.74, 6) is 0. The summed E-state index contributed by atoms with van der Waals surface area (Å²) in [5.41, 5.74) is 1.77. The van der Waals surface area contributed by atoms with Gasteiger partial charge < -0.3 is 10.6 Å². The first-order valence-corrected chi connectivity index (χ1v) is 6.40. The predicted octanol–water partition coefficient (Wildman–Crippen LogP) is 2.82. The molecular formula is C14H21N3O. The van der Waals surface area contributed by atoms with Gasteiger partial charge in [0.15, 0.2) is 0 Å². The van der Waals surface area contributed by atoms with Gasteiger partial charge in [0.1, 0.15) is 0 Å². The van der Waals surface area contributed by atoms with Crippen molar-refractivity contribution in [2.75, 3.05) is 23.3 Å². The standard InChI is InChI=1S/C14H21N3O/c1-14(2,3)16-13(18)17-10-6-9-15-11-7-4-5-8-12(11)17/h4-5,7-8,15H,6,9-10H2,1-3H3,(H,16,18). The average molecular weight is 247 g/mol. The van der Waals surface area contributed by atoms with Gasteiger partial charge in [-0.15, -0.1) is 0 Å². The van der Waals surface area contributed by atoms with Crippen LogP contribution in [0.15, 0.2) is 24.3 Å². The maximum atomic E-state index is 12.3. The van der Waals surface area contributed by atoms with Crippen molar-refractivity contribution in [3.63, 3.8) is 0 Å². The summed E-state index contributed by atoms with van der Waals surface area (Å²) in [7, 11) is 0. The lowest BCUT2D eigenvalue weighted by molar-refractivity contribution is 0.237. The first-order chi connectivity index (χ1) is 8.47. The van der Waals surface area contributed by atoms with Crippen LogP contribution in [0.2, 0.25) is 0 Å². The number of nitrogens with zero attached hydrogens (tertiary/aromatic N) is 1. The van der Waals surface area contributed by atoms with Crippen molar-refractivity contribution in [1.82, 2.24) is 5.32 Å². The highest BCUT2D eigenvalue weighted by atomic mass is 16.2. The maximum Gasteiger partial charge on any atom is 0.322 e. The van der Waals surface area contributed by atoms with Gasteiger partial charge in [0, 0.05) is 18.6 Å². The lowest BCUT2D eigenvalue weighted by atomic mass is 10.1. The third-order valence-electron chi connectivity index (χ3n) is 2.80. The van der Waals surface area contributed by atoms with Crippen LogP contribution in [0.5, 0.6) is 0 Å². The van der Waals surface area contributed by atoms with Gasteiger partial charge in [0.2, 0.25) is 0 Å². The van der Waals surface area contributed by atoms with Crippen molar-refractivity contribution in [1.29, 1.82) is 0 Å². The number of rotatable bonds is 0. The molecule has 1 aliphatic rings. The summed E-state index contributed by atoms with van der Waals surface area (Å²) in [5, 5.41) is 6.37. The van der Waals surface area contributed by atoms with E-state index in [1.807, 2.05) is 49.9 Å². The molecule has 0 saturated heterocycles. The highest BCUT2D eigenvalue weighted by molar-refractivity contribution is 5.96. The second-order valence-electron chi connectivity index (χ2n) is 5.63. The largest absolute Gasteiger partial charge is 0.383 e. The van der Waals surface area contributed by atoms with Crippen LogP contribution in [-0.2, 0) is 0 Å². The van der Waals surface area contributed by atoms with Crippen molar-refractivity contribution < 1.29 is 4.79 Å². The van der Waals surface area contributed by atoms with E-state index in [1.54, 1.807) is 0 Å². The number of para-hydroxylation sites is 2. The Bertz CT molecular complexity index is 437. The van der Waals surface area contributed by atoms with Crippen LogP contribution >= 0.6 is 0 Å². The zero-order valence-corrected chi connectivity index (χ0v) is 11.3. The van der Waals surface area contributed by atoms with Gasteiger partial charge in [-0.25, -0.2) is 4.79 Å². The fourth-order valence-electron chi connectivity index (χ4n) is 2.04. The van der Waals surface area contributed by atoms with Gasteiger partial charge in [-0.3, -0.25) is 4.90 Å². The molecule has 1 aliphatic heterocycles. The van der Waals surface area contributed by atoms with E-state index in [0.717, 1.165) is 30.9 Å². The van der Waals surface area contributed by atoms with Gasteiger partial charge in [-0.05, 0) is 39.3 Å². The molecule has 0 fully saturated rings. The molecule has 0 unspecified atom stereocenters. The summed E-state index contributed by atoms with van der Waals surface area (Å²) in [4.78, 5) is 14.1. The Labute approximate surface area is 108 Å². The zero-order valence-electron chi connectivity index (χ0n) is 11.3. The summed E-state index contributed by atoms with van der Waals surface area (Å²) in [6.45, 7) is 7.62. The number of benzene rings is 1. The number of fused-ring (bicyclic) bond motifs is 1. The molecule has 2 amide bonds. The molecule has 0 bridgehead atoms. The molecule has 0 aromatic heterocycles. The molecule has 1 aromatic rings. The lowest BCUT2D eigenvalue weighted by Crippen LogP contribution is -2.48. The van der Waals surface area contributed by atoms with Gasteiger partial charge in [-0.2, -0.15) is 0 Å². The second-order valence-corrected chi connectivity index (χ2v) is 5.63. The van der Waals surface area contributed by atoms with Gasteiger partial charge in [0.25, 0.3) is 0 Å². The maximum absolute atomic E-state index is 12.3. The van der Waals surface area contributed by atoms with E-state index >= 15 is 0 Å². The Morgan fingerprint density at radius 1 is 1.33 bits per heavy atom. The smallest absolute Gasteiger partial charge is 0.322 e. The molecule has 98 valence electrons. The Morgan fingerprint density at radius 3 is 2.78 bits per heavy atom. The number of nitrogens with one attached hydrogen (secondary N) is 2. The molecule has 2 N–H and O–H groups in total. The zero-order chi connectivity index (χ0) is 13.2. The van der Waals surface area contributed by atoms with Crippen molar-refractivity contribution >= 4 is 17.4 Å². The van der Waals surface area contributed by atoms with E-state index in [0.29, 0.717) is 0 Å². The Morgan fingerprint density at radius 2 is 2.06 bits per heavy atom. The van der Waals surface area contributed by atoms with E-state index in [1.165, 1.54) is 0 Å². The summed E-state index contributed by atoms with van der Waals surface area (Å²) in [6.07, 6.45) is 0.951. The number of amides is 2. The minimum atomic E-state index is -0.217. The lowest BCUT2D eigenvalue weighted by Gasteiger charge is -2.28. The van der Waals surface area contributed by atoms with Crippen LogP contribution in [-0.4, -0.2) is 24.7 Å². The number of urea groups is 1.